The minimum absolute atomic E-state index is 0.984. The van der Waals surface area contributed by atoms with E-state index in [0.717, 1.165) is 88.1 Å². The van der Waals surface area contributed by atoms with E-state index in [1.54, 1.807) is 0 Å². The van der Waals surface area contributed by atoms with Crippen LogP contribution in [0.15, 0.2) is 552 Å². The predicted octanol–water partition coefficient (Wildman–Crippen LogP) is 39.3. The lowest BCUT2D eigenvalue weighted by Crippen LogP contribution is -1.98. The zero-order chi connectivity index (χ0) is 99.1. The SMILES string of the molecule is c1cc(-c2c3ccc4ccccc4c3nc3c2ccc2ccccc23)cc(-c2cccc3ccc4cccnc4c23)c1.c1cc(-c2ccc(-c3ccc4ccccc4n3)cc2)cc(-c2c3ccc4ccccc4c3nc3c2ccc2ccccc23)c1.c1ccc(-c2cc(-c3ccc(-c4cccc(-c5c6ccc7ccccc7c6nc6c5ccc5ccccc56)c4)cc3)c(-c3ccccc3)c(-c3ccccc3)c2-c2ccccc2)cc1. The highest BCUT2D eigenvalue weighted by molar-refractivity contribution is 6.26. The minimum atomic E-state index is 0.984. The zero-order valence-electron chi connectivity index (χ0n) is 81.8. The first-order valence-electron chi connectivity index (χ1n) is 51.4. The second kappa shape index (κ2) is 37.4. The molecular weight excluding hydrogens is 1810 g/mol. The van der Waals surface area contributed by atoms with Crippen LogP contribution in [0.2, 0.25) is 0 Å². The van der Waals surface area contributed by atoms with Gasteiger partial charge in [0, 0.05) is 109 Å². The van der Waals surface area contributed by atoms with Gasteiger partial charge in [-0.05, 0) is 186 Å². The van der Waals surface area contributed by atoms with Gasteiger partial charge in [0.05, 0.1) is 49.8 Å². The molecule has 696 valence electrons. The Hall–Kier alpha value is -19.9. The molecule has 30 aromatic rings. The average Bonchev–Trinajstić information content (AvgIpc) is 0.819. The zero-order valence-corrected chi connectivity index (χ0v) is 81.8. The summed E-state index contributed by atoms with van der Waals surface area (Å²) in [6.45, 7) is 0. The Morgan fingerprint density at radius 1 is 0.120 bits per heavy atom. The first-order valence-corrected chi connectivity index (χ1v) is 51.4. The van der Waals surface area contributed by atoms with Gasteiger partial charge < -0.3 is 0 Å². The van der Waals surface area contributed by atoms with Gasteiger partial charge in [0.2, 0.25) is 0 Å². The van der Waals surface area contributed by atoms with Crippen LogP contribution in [-0.2, 0) is 0 Å². The van der Waals surface area contributed by atoms with Crippen LogP contribution in [-0.4, -0.2) is 24.9 Å². The van der Waals surface area contributed by atoms with Gasteiger partial charge in [0.15, 0.2) is 0 Å². The number of hydrogen-bond acceptors (Lipinski definition) is 5. The number of rotatable bonds is 12. The summed E-state index contributed by atoms with van der Waals surface area (Å²) in [6.07, 6.45) is 1.89. The molecule has 0 aliphatic heterocycles. The molecule has 25 aromatic carbocycles. The summed E-state index contributed by atoms with van der Waals surface area (Å²) < 4.78 is 0. The monoisotopic (exact) mass is 1900 g/mol. The third kappa shape index (κ3) is 15.6. The van der Waals surface area contributed by atoms with Gasteiger partial charge in [-0.15, -0.1) is 0 Å². The summed E-state index contributed by atoms with van der Waals surface area (Å²) in [7, 11) is 0. The summed E-state index contributed by atoms with van der Waals surface area (Å²) in [5.74, 6) is 0. The van der Waals surface area contributed by atoms with Crippen molar-refractivity contribution in [1.29, 1.82) is 0 Å². The van der Waals surface area contributed by atoms with E-state index in [2.05, 4.69) is 534 Å². The van der Waals surface area contributed by atoms with Crippen molar-refractivity contribution in [3.8, 4) is 134 Å². The highest BCUT2D eigenvalue weighted by Crippen LogP contribution is 2.53. The van der Waals surface area contributed by atoms with Crippen LogP contribution >= 0.6 is 0 Å². The molecule has 0 bridgehead atoms. The van der Waals surface area contributed by atoms with E-state index in [9.17, 15) is 0 Å². The number of hydrogen-bond donors (Lipinski definition) is 0. The Morgan fingerprint density at radius 3 is 0.807 bits per heavy atom. The fourth-order valence-corrected chi connectivity index (χ4v) is 23.2. The highest BCUT2D eigenvalue weighted by Gasteiger charge is 2.27. The summed E-state index contributed by atoms with van der Waals surface area (Å²) >= 11 is 0. The van der Waals surface area contributed by atoms with Crippen LogP contribution in [0.5, 0.6) is 0 Å². The largest absolute Gasteiger partial charge is 0.256 e. The number of para-hydroxylation sites is 1. The number of nitrogens with zero attached hydrogens (tertiary/aromatic N) is 5. The van der Waals surface area contributed by atoms with Gasteiger partial charge in [-0.25, -0.2) is 19.9 Å². The Bertz CT molecular complexity index is 10400. The van der Waals surface area contributed by atoms with E-state index in [4.69, 9.17) is 24.9 Å². The van der Waals surface area contributed by atoms with Crippen LogP contribution in [0.1, 0.15) is 0 Å². The van der Waals surface area contributed by atoms with Crippen molar-refractivity contribution in [1.82, 2.24) is 24.9 Å². The second-order valence-corrected chi connectivity index (χ2v) is 38.9. The molecule has 150 heavy (non-hydrogen) atoms. The fourth-order valence-electron chi connectivity index (χ4n) is 23.2. The van der Waals surface area contributed by atoms with Crippen molar-refractivity contribution in [2.75, 3.05) is 0 Å². The van der Waals surface area contributed by atoms with Crippen molar-refractivity contribution in [2.24, 2.45) is 0 Å². The van der Waals surface area contributed by atoms with E-state index < -0.39 is 0 Å². The minimum Gasteiger partial charge on any atom is -0.256 e. The van der Waals surface area contributed by atoms with E-state index in [1.165, 1.54) is 208 Å². The smallest absolute Gasteiger partial charge is 0.0794 e. The topological polar surface area (TPSA) is 64.5 Å². The van der Waals surface area contributed by atoms with Gasteiger partial charge >= 0.3 is 0 Å². The maximum atomic E-state index is 5.44. The first kappa shape index (κ1) is 87.9. The third-order valence-electron chi connectivity index (χ3n) is 30.3. The molecular formula is C145H91N5. The van der Waals surface area contributed by atoms with Gasteiger partial charge in [0.1, 0.15) is 0 Å². The van der Waals surface area contributed by atoms with Crippen molar-refractivity contribution in [3.63, 3.8) is 0 Å². The summed E-state index contributed by atoms with van der Waals surface area (Å²) in [5.41, 5.74) is 36.6. The van der Waals surface area contributed by atoms with Crippen LogP contribution in [0, 0.1) is 0 Å². The van der Waals surface area contributed by atoms with Crippen molar-refractivity contribution in [2.45, 2.75) is 0 Å². The van der Waals surface area contributed by atoms with E-state index in [-0.39, 0.29) is 0 Å². The van der Waals surface area contributed by atoms with Gasteiger partial charge in [-0.1, -0.05) is 504 Å². The summed E-state index contributed by atoms with van der Waals surface area (Å²) in [4.78, 5) is 25.9. The van der Waals surface area contributed by atoms with Crippen LogP contribution in [0.25, 0.3) is 296 Å². The quantitative estimate of drug-likeness (QED) is 0.0901. The number of benzene rings is 25. The van der Waals surface area contributed by atoms with Crippen LogP contribution < -0.4 is 0 Å². The Balaban J connectivity index is 0.000000111. The lowest BCUT2D eigenvalue weighted by atomic mass is 9.79. The number of pyridine rings is 5. The van der Waals surface area contributed by atoms with Crippen molar-refractivity contribution in [3.05, 3.63) is 552 Å². The molecule has 0 saturated carbocycles. The molecule has 0 atom stereocenters. The van der Waals surface area contributed by atoms with Crippen molar-refractivity contribution >= 4 is 163 Å². The van der Waals surface area contributed by atoms with E-state index >= 15 is 0 Å². The molecule has 5 nitrogen and oxygen atoms in total. The first-order chi connectivity index (χ1) is 74.4. The van der Waals surface area contributed by atoms with E-state index in [1.807, 2.05) is 18.3 Å². The van der Waals surface area contributed by atoms with Gasteiger partial charge in [-0.3, -0.25) is 4.98 Å². The molecule has 0 unspecified atom stereocenters. The molecule has 0 aliphatic rings. The van der Waals surface area contributed by atoms with Crippen molar-refractivity contribution < 1.29 is 0 Å². The molecule has 5 heterocycles. The molecule has 0 saturated heterocycles. The molecule has 0 spiro atoms. The predicted molar refractivity (Wildman–Crippen MR) is 636 cm³/mol. The fraction of sp³-hybridized carbons (Fsp3) is 0. The highest BCUT2D eigenvalue weighted by atomic mass is 14.7. The van der Waals surface area contributed by atoms with E-state index in [0.29, 0.717) is 0 Å². The Kier molecular flexibility index (Phi) is 21.9. The second-order valence-electron chi connectivity index (χ2n) is 38.9. The lowest BCUT2D eigenvalue weighted by Gasteiger charge is -2.24. The molecule has 0 fully saturated rings. The van der Waals surface area contributed by atoms with Crippen LogP contribution in [0.3, 0.4) is 0 Å². The molecule has 30 rings (SSSR count). The van der Waals surface area contributed by atoms with Crippen LogP contribution in [0.4, 0.5) is 0 Å². The molecule has 5 heteroatoms. The molecule has 0 N–H and O–H groups in total. The number of aromatic nitrogens is 5. The molecule has 0 radical (unpaired) electrons. The number of fused-ring (bicyclic) bond motifs is 22. The average molecular weight is 1900 g/mol. The third-order valence-corrected chi connectivity index (χ3v) is 30.3. The maximum absolute atomic E-state index is 5.44. The Labute approximate surface area is 867 Å². The normalized spacial score (nSPS) is 11.6. The summed E-state index contributed by atoms with van der Waals surface area (Å²) in [5, 5.41) is 25.9. The Morgan fingerprint density at radius 2 is 0.400 bits per heavy atom. The standard InChI is InChI=1S/C63H41N.C42H26N2.C40H24N2/c1-5-18-43(19-6-1)56-41-57(60(48-24-9-3-10-25-48)61(49-26-11-4-12-27-49)59(56)47-22-7-2-8-23-47)46-34-32-42(33-35-46)50-28-17-29-51(40-50)58-54-38-36-44-20-13-15-30-52(44)62(54)64-63-53-31-16-14-21-45(53)37-39-55(58)63;1-4-13-34-28(8-1)20-23-36-40(37-24-21-29-9-2-5-14-35(29)42(37)44-41(34)36)33-12-7-11-32(26-33)27-16-18-31(19-17-27)39-25-22-30-10-3-6-15-38(30)43-39;1-3-14-32-25(8-1)19-21-34-36(35-22-20-26-9-2-4-15-33(26)40(35)42-39(32)34)30-12-5-11-29(24-30)31-16-6-10-27-17-18-28-13-7-23-41-38(28)37(27)31/h1-41H;1-26H;1-24H. The van der Waals surface area contributed by atoms with Gasteiger partial charge in [0.25, 0.3) is 0 Å². The maximum Gasteiger partial charge on any atom is 0.0794 e. The molecule has 0 amide bonds. The molecule has 5 aromatic heterocycles. The van der Waals surface area contributed by atoms with Gasteiger partial charge in [-0.2, -0.15) is 0 Å². The lowest BCUT2D eigenvalue weighted by molar-refractivity contribution is 1.40. The molecule has 0 aliphatic carbocycles. The summed E-state index contributed by atoms with van der Waals surface area (Å²) in [6, 6.07) is 197.